The van der Waals surface area contributed by atoms with E-state index in [2.05, 4.69) is 15.6 Å². The number of hydrogen-bond donors (Lipinski definition) is 5. The van der Waals surface area contributed by atoms with Crippen LogP contribution in [0, 0.1) is 5.41 Å². The molecule has 1 aromatic carbocycles. The van der Waals surface area contributed by atoms with Gasteiger partial charge in [-0.2, -0.15) is 0 Å². The van der Waals surface area contributed by atoms with E-state index in [1.54, 1.807) is 57.2 Å². The Labute approximate surface area is 240 Å². The highest BCUT2D eigenvalue weighted by Gasteiger charge is 2.52. The minimum Gasteiger partial charge on any atom is -0.489 e. The van der Waals surface area contributed by atoms with E-state index < -0.39 is 46.9 Å². The Balaban J connectivity index is 1.93. The van der Waals surface area contributed by atoms with Crippen molar-refractivity contribution in [3.05, 3.63) is 57.8 Å². The maximum atomic E-state index is 13.8. The third-order valence-electron chi connectivity index (χ3n) is 6.62. The summed E-state index contributed by atoms with van der Waals surface area (Å²) in [6.45, 7) is 6.72. The Morgan fingerprint density at radius 1 is 1.12 bits per heavy atom. The van der Waals surface area contributed by atoms with E-state index in [1.807, 2.05) is 0 Å². The SMILES string of the molecule is CC(C(=O)NO)N1CCC(NC(=O)[C@H](NC(=O)O)C(C)(C)C)(c2ccc(OCc3cc(Cl)nc(Cl)c3)cc2)C1=O. The Bertz CT molecular complexity index is 1260. The van der Waals surface area contributed by atoms with Crippen LogP contribution in [0.1, 0.15) is 45.2 Å². The van der Waals surface area contributed by atoms with Gasteiger partial charge in [0.15, 0.2) is 0 Å². The summed E-state index contributed by atoms with van der Waals surface area (Å²) in [6, 6.07) is 7.44. The van der Waals surface area contributed by atoms with Gasteiger partial charge in [0, 0.05) is 13.0 Å². The topological polar surface area (TPSA) is 170 Å². The highest BCUT2D eigenvalue weighted by molar-refractivity contribution is 6.32. The first kappa shape index (κ1) is 30.9. The zero-order valence-corrected chi connectivity index (χ0v) is 23.8. The largest absolute Gasteiger partial charge is 0.489 e. The van der Waals surface area contributed by atoms with Crippen LogP contribution in [-0.4, -0.2) is 62.6 Å². The molecule has 2 heterocycles. The molecule has 14 heteroatoms. The van der Waals surface area contributed by atoms with Crippen LogP contribution in [0.25, 0.3) is 0 Å². The second-order valence-corrected chi connectivity index (χ2v) is 11.3. The first-order valence-electron chi connectivity index (χ1n) is 12.3. The van der Waals surface area contributed by atoms with Crippen molar-refractivity contribution in [2.24, 2.45) is 5.41 Å². The van der Waals surface area contributed by atoms with Gasteiger partial charge < -0.3 is 25.4 Å². The zero-order valence-electron chi connectivity index (χ0n) is 22.3. The van der Waals surface area contributed by atoms with Crippen LogP contribution in [0.5, 0.6) is 5.75 Å². The summed E-state index contributed by atoms with van der Waals surface area (Å²) in [5, 5.41) is 23.8. The zero-order chi connectivity index (χ0) is 29.8. The lowest BCUT2D eigenvalue weighted by Gasteiger charge is -2.35. The summed E-state index contributed by atoms with van der Waals surface area (Å²) in [5.74, 6) is -1.65. The smallest absolute Gasteiger partial charge is 0.405 e. The molecule has 12 nitrogen and oxygen atoms in total. The maximum absolute atomic E-state index is 13.8. The number of ether oxygens (including phenoxy) is 1. The molecule has 1 aromatic heterocycles. The van der Waals surface area contributed by atoms with Gasteiger partial charge in [0.1, 0.15) is 40.3 Å². The van der Waals surface area contributed by atoms with E-state index in [0.29, 0.717) is 16.9 Å². The molecule has 0 bridgehead atoms. The Kier molecular flexibility index (Phi) is 9.49. The van der Waals surface area contributed by atoms with Crippen LogP contribution in [-0.2, 0) is 26.5 Å². The fraction of sp³-hybridized carbons (Fsp3) is 0.423. The molecule has 2 aromatic rings. The lowest BCUT2D eigenvalue weighted by Crippen LogP contribution is -2.60. The number of amides is 4. The van der Waals surface area contributed by atoms with Crippen LogP contribution < -0.4 is 20.9 Å². The second kappa shape index (κ2) is 12.3. The molecule has 3 atom stereocenters. The van der Waals surface area contributed by atoms with E-state index in [1.165, 1.54) is 17.3 Å². The monoisotopic (exact) mass is 595 g/mol. The molecule has 2 unspecified atom stereocenters. The molecule has 0 radical (unpaired) electrons. The number of likely N-dealkylation sites (tertiary alicyclic amines) is 1. The predicted molar refractivity (Wildman–Crippen MR) is 145 cm³/mol. The minimum absolute atomic E-state index is 0.0821. The standard InChI is InChI=1S/C26H31Cl2N5O7/c1-14(21(34)32-39)33-10-9-26(23(33)36,31-22(35)20(25(2,3)4)30-24(37)38)16-5-7-17(8-6-16)40-13-15-11-18(27)29-19(28)12-15/h5-8,11-12,14,20,30,39H,9-10,13H2,1-4H3,(H,31,35)(H,32,34)(H,37,38)/t14?,20-,26?/m0/s1. The van der Waals surface area contributed by atoms with Gasteiger partial charge in [0.25, 0.3) is 11.8 Å². The third kappa shape index (κ3) is 6.93. The van der Waals surface area contributed by atoms with Crippen molar-refractivity contribution in [1.29, 1.82) is 0 Å². The van der Waals surface area contributed by atoms with Crippen molar-refractivity contribution in [3.8, 4) is 5.75 Å². The van der Waals surface area contributed by atoms with Crippen molar-refractivity contribution >= 4 is 47.0 Å². The fourth-order valence-electron chi connectivity index (χ4n) is 4.48. The number of nitrogens with zero attached hydrogens (tertiary/aromatic N) is 2. The molecule has 1 aliphatic heterocycles. The molecule has 0 saturated carbocycles. The Hall–Kier alpha value is -3.61. The van der Waals surface area contributed by atoms with E-state index in [9.17, 15) is 24.3 Å². The maximum Gasteiger partial charge on any atom is 0.405 e. The molecular formula is C26H31Cl2N5O7. The van der Waals surface area contributed by atoms with Gasteiger partial charge in [-0.25, -0.2) is 15.3 Å². The fourth-order valence-corrected chi connectivity index (χ4v) is 4.99. The van der Waals surface area contributed by atoms with Crippen LogP contribution in [0.3, 0.4) is 0 Å². The number of aromatic nitrogens is 1. The first-order valence-corrected chi connectivity index (χ1v) is 13.1. The lowest BCUT2D eigenvalue weighted by molar-refractivity contribution is -0.145. The molecule has 0 aliphatic carbocycles. The van der Waals surface area contributed by atoms with Crippen molar-refractivity contribution in [2.45, 2.75) is 58.3 Å². The number of carboxylic acid groups (broad SMARTS) is 1. The summed E-state index contributed by atoms with van der Waals surface area (Å²) >= 11 is 11.9. The first-order chi connectivity index (χ1) is 18.7. The highest BCUT2D eigenvalue weighted by atomic mass is 35.5. The molecule has 5 N–H and O–H groups in total. The number of benzene rings is 1. The van der Waals surface area contributed by atoms with Gasteiger partial charge in [-0.3, -0.25) is 19.6 Å². The van der Waals surface area contributed by atoms with E-state index in [4.69, 9.17) is 33.1 Å². The third-order valence-corrected chi connectivity index (χ3v) is 7.01. The number of pyridine rings is 1. The number of carbonyl (C=O) groups is 4. The highest BCUT2D eigenvalue weighted by Crippen LogP contribution is 2.36. The van der Waals surface area contributed by atoms with E-state index in [-0.39, 0.29) is 29.9 Å². The van der Waals surface area contributed by atoms with Crippen LogP contribution in [0.2, 0.25) is 10.3 Å². The average molecular weight is 596 g/mol. The Morgan fingerprint density at radius 3 is 2.25 bits per heavy atom. The molecule has 3 rings (SSSR count). The molecule has 0 spiro atoms. The van der Waals surface area contributed by atoms with Crippen LogP contribution in [0.4, 0.5) is 4.79 Å². The molecular weight excluding hydrogens is 565 g/mol. The summed E-state index contributed by atoms with van der Waals surface area (Å²) < 4.78 is 5.81. The quantitative estimate of drug-likeness (QED) is 0.167. The minimum atomic E-state index is -1.62. The number of carbonyl (C=O) groups excluding carboxylic acids is 3. The summed E-state index contributed by atoms with van der Waals surface area (Å²) in [5.41, 5.74) is 0.184. The van der Waals surface area contributed by atoms with Gasteiger partial charge in [-0.1, -0.05) is 56.1 Å². The molecule has 216 valence electrons. The van der Waals surface area contributed by atoms with Crippen LogP contribution >= 0.6 is 23.2 Å². The predicted octanol–water partition coefficient (Wildman–Crippen LogP) is 3.09. The molecule has 1 aliphatic rings. The van der Waals surface area contributed by atoms with Crippen molar-refractivity contribution in [2.75, 3.05) is 6.54 Å². The van der Waals surface area contributed by atoms with Gasteiger partial charge >= 0.3 is 6.09 Å². The average Bonchev–Trinajstić information content (AvgIpc) is 3.20. The van der Waals surface area contributed by atoms with Crippen molar-refractivity contribution in [1.82, 2.24) is 26.0 Å². The van der Waals surface area contributed by atoms with Gasteiger partial charge in [0.2, 0.25) is 5.91 Å². The molecule has 1 fully saturated rings. The van der Waals surface area contributed by atoms with E-state index in [0.717, 1.165) is 0 Å². The summed E-state index contributed by atoms with van der Waals surface area (Å²) in [6.07, 6.45) is -1.31. The van der Waals surface area contributed by atoms with Crippen molar-refractivity contribution < 1.29 is 34.2 Å². The molecule has 4 amide bonds. The van der Waals surface area contributed by atoms with Gasteiger partial charge in [0.05, 0.1) is 0 Å². The number of rotatable bonds is 9. The Morgan fingerprint density at radius 2 is 1.73 bits per heavy atom. The number of halogens is 2. The number of hydrogen-bond acceptors (Lipinski definition) is 7. The number of hydroxylamine groups is 1. The normalized spacial score (nSPS) is 18.6. The second-order valence-electron chi connectivity index (χ2n) is 10.5. The van der Waals surface area contributed by atoms with Crippen molar-refractivity contribution in [3.63, 3.8) is 0 Å². The summed E-state index contributed by atoms with van der Waals surface area (Å²) in [7, 11) is 0. The van der Waals surface area contributed by atoms with Gasteiger partial charge in [-0.15, -0.1) is 0 Å². The molecule has 40 heavy (non-hydrogen) atoms. The lowest BCUT2D eigenvalue weighted by atomic mass is 9.83. The van der Waals surface area contributed by atoms with E-state index >= 15 is 0 Å². The van der Waals surface area contributed by atoms with Crippen LogP contribution in [0.15, 0.2) is 36.4 Å². The van der Waals surface area contributed by atoms with Gasteiger partial charge in [-0.05, 0) is 47.7 Å². The number of nitrogens with one attached hydrogen (secondary N) is 3. The summed E-state index contributed by atoms with van der Waals surface area (Å²) in [4.78, 5) is 56.0. The molecule has 1 saturated heterocycles.